The van der Waals surface area contributed by atoms with E-state index in [1.165, 1.54) is 24.6 Å². The molecule has 0 atom stereocenters. The summed E-state index contributed by atoms with van der Waals surface area (Å²) < 4.78 is 88.0. The second kappa shape index (κ2) is 9.85. The van der Waals surface area contributed by atoms with Gasteiger partial charge in [-0.2, -0.15) is 26.3 Å². The van der Waals surface area contributed by atoms with Crippen LogP contribution >= 0.6 is 0 Å². The second-order valence-electron chi connectivity index (χ2n) is 10.3. The van der Waals surface area contributed by atoms with Crippen LogP contribution in [0.4, 0.5) is 26.3 Å². The first kappa shape index (κ1) is 28.8. The van der Waals surface area contributed by atoms with Gasteiger partial charge in [0.2, 0.25) is 5.41 Å². The van der Waals surface area contributed by atoms with E-state index in [0.717, 1.165) is 52.1 Å². The van der Waals surface area contributed by atoms with E-state index in [1.54, 1.807) is 13.8 Å². The van der Waals surface area contributed by atoms with Crippen LogP contribution in [0.3, 0.4) is 0 Å². The van der Waals surface area contributed by atoms with Crippen molar-refractivity contribution >= 4 is 0 Å². The third kappa shape index (κ3) is 4.80. The van der Waals surface area contributed by atoms with Crippen LogP contribution in [0.1, 0.15) is 66.8 Å². The number of aryl methyl sites for hydroxylation is 4. The van der Waals surface area contributed by atoms with E-state index in [9.17, 15) is 26.3 Å². The summed E-state index contributed by atoms with van der Waals surface area (Å²) in [4.78, 5) is 0. The normalized spacial score (nSPS) is 12.8. The molecule has 0 radical (unpaired) electrons. The SMILES string of the molecule is Cc1ccc(C(c2ccc(C)c(CCc3c(C)c(C)c(C)c(C)c3C)c2)(C(F)(F)F)C(F)(F)F)cc1C. The molecule has 37 heavy (non-hydrogen) atoms. The molecule has 0 unspecified atom stereocenters. The molecule has 0 aliphatic carbocycles. The predicted octanol–water partition coefficient (Wildman–Crippen LogP) is 9.35. The van der Waals surface area contributed by atoms with Crippen molar-refractivity contribution in [1.29, 1.82) is 0 Å². The summed E-state index contributed by atoms with van der Waals surface area (Å²) in [5, 5.41) is 0. The van der Waals surface area contributed by atoms with Gasteiger partial charge in [-0.25, -0.2) is 0 Å². The van der Waals surface area contributed by atoms with Gasteiger partial charge in [-0.15, -0.1) is 0 Å². The van der Waals surface area contributed by atoms with Crippen LogP contribution in [-0.4, -0.2) is 12.4 Å². The van der Waals surface area contributed by atoms with Gasteiger partial charge >= 0.3 is 12.4 Å². The van der Waals surface area contributed by atoms with Crippen molar-refractivity contribution in [2.24, 2.45) is 0 Å². The highest BCUT2D eigenvalue weighted by molar-refractivity contribution is 5.51. The maximum Gasteiger partial charge on any atom is 0.411 e. The molecule has 0 saturated heterocycles. The van der Waals surface area contributed by atoms with Crippen molar-refractivity contribution in [1.82, 2.24) is 0 Å². The number of benzene rings is 3. The Labute approximate surface area is 215 Å². The Morgan fingerprint density at radius 1 is 0.486 bits per heavy atom. The highest BCUT2D eigenvalue weighted by Crippen LogP contribution is 2.56. The fraction of sp³-hybridized carbons (Fsp3) is 0.419. The van der Waals surface area contributed by atoms with E-state index < -0.39 is 28.9 Å². The molecule has 3 rings (SSSR count). The molecule has 6 heteroatoms. The second-order valence-corrected chi connectivity index (χ2v) is 10.3. The van der Waals surface area contributed by atoms with Crippen LogP contribution in [-0.2, 0) is 18.3 Å². The Morgan fingerprint density at radius 3 is 1.38 bits per heavy atom. The van der Waals surface area contributed by atoms with Crippen molar-refractivity contribution in [3.8, 4) is 0 Å². The van der Waals surface area contributed by atoms with E-state index in [1.807, 2.05) is 27.7 Å². The van der Waals surface area contributed by atoms with Gasteiger partial charge in [-0.1, -0.05) is 36.4 Å². The lowest BCUT2D eigenvalue weighted by molar-refractivity contribution is -0.288. The van der Waals surface area contributed by atoms with Gasteiger partial charge in [-0.3, -0.25) is 0 Å². The van der Waals surface area contributed by atoms with Crippen LogP contribution in [0.2, 0.25) is 0 Å². The fourth-order valence-corrected chi connectivity index (χ4v) is 5.34. The van der Waals surface area contributed by atoms with Crippen molar-refractivity contribution in [3.05, 3.63) is 103 Å². The third-order valence-corrected chi connectivity index (χ3v) is 8.37. The first-order valence-corrected chi connectivity index (χ1v) is 12.3. The molecule has 0 aliphatic heterocycles. The molecule has 0 N–H and O–H groups in total. The predicted molar refractivity (Wildman–Crippen MR) is 138 cm³/mol. The number of rotatable bonds is 5. The van der Waals surface area contributed by atoms with Gasteiger partial charge in [0.1, 0.15) is 0 Å². The summed E-state index contributed by atoms with van der Waals surface area (Å²) >= 11 is 0. The van der Waals surface area contributed by atoms with Gasteiger partial charge < -0.3 is 0 Å². The summed E-state index contributed by atoms with van der Waals surface area (Å²) in [6, 6.07) is 6.76. The molecule has 3 aromatic carbocycles. The van der Waals surface area contributed by atoms with Crippen LogP contribution in [0.5, 0.6) is 0 Å². The minimum atomic E-state index is -5.60. The Morgan fingerprint density at radius 2 is 0.919 bits per heavy atom. The third-order valence-electron chi connectivity index (χ3n) is 8.37. The Hall–Kier alpha value is -2.76. The molecule has 0 heterocycles. The first-order valence-electron chi connectivity index (χ1n) is 12.3. The van der Waals surface area contributed by atoms with Crippen LogP contribution in [0.15, 0.2) is 36.4 Å². The molecule has 200 valence electrons. The van der Waals surface area contributed by atoms with Gasteiger partial charge in [0.15, 0.2) is 0 Å². The van der Waals surface area contributed by atoms with Gasteiger partial charge in [0.05, 0.1) is 0 Å². The zero-order valence-electron chi connectivity index (χ0n) is 22.6. The Bertz CT molecular complexity index is 1280. The molecule has 0 saturated carbocycles. The largest absolute Gasteiger partial charge is 0.411 e. The van der Waals surface area contributed by atoms with E-state index in [-0.39, 0.29) is 0 Å². The van der Waals surface area contributed by atoms with E-state index in [0.29, 0.717) is 35.1 Å². The average molecular weight is 521 g/mol. The van der Waals surface area contributed by atoms with Crippen molar-refractivity contribution in [2.45, 2.75) is 86.0 Å². The lowest BCUT2D eigenvalue weighted by atomic mass is 9.71. The standard InChI is InChI=1S/C31H34F6/c1-17-9-12-26(15-19(17)3)29(30(32,33)34,31(35,36)37)27-13-10-18(2)25(16-27)11-14-28-23(7)21(5)20(4)22(6)24(28)8/h9-10,12-13,15-16H,11,14H2,1-8H3. The summed E-state index contributed by atoms with van der Waals surface area (Å²) in [6.45, 7) is 15.1. The average Bonchev–Trinajstić information content (AvgIpc) is 2.79. The fourth-order valence-electron chi connectivity index (χ4n) is 5.34. The van der Waals surface area contributed by atoms with Crippen molar-refractivity contribution in [2.75, 3.05) is 0 Å². The van der Waals surface area contributed by atoms with Crippen molar-refractivity contribution in [3.63, 3.8) is 0 Å². The highest BCUT2D eigenvalue weighted by atomic mass is 19.4. The van der Waals surface area contributed by atoms with Crippen LogP contribution in [0, 0.1) is 55.4 Å². The summed E-state index contributed by atoms with van der Waals surface area (Å²) in [5.74, 6) is 0. The number of hydrogen-bond acceptors (Lipinski definition) is 0. The van der Waals surface area contributed by atoms with Gasteiger partial charge in [-0.05, 0) is 135 Å². The molecular weight excluding hydrogens is 486 g/mol. The molecule has 0 aromatic heterocycles. The molecule has 0 bridgehead atoms. The summed E-state index contributed by atoms with van der Waals surface area (Å²) in [6.07, 6.45) is -10.3. The maximum atomic E-state index is 14.7. The van der Waals surface area contributed by atoms with Gasteiger partial charge in [0.25, 0.3) is 0 Å². The topological polar surface area (TPSA) is 0 Å². The number of hydrogen-bond donors (Lipinski definition) is 0. The Kier molecular flexibility index (Phi) is 7.66. The van der Waals surface area contributed by atoms with E-state index >= 15 is 0 Å². The lowest BCUT2D eigenvalue weighted by Crippen LogP contribution is -2.54. The summed E-state index contributed by atoms with van der Waals surface area (Å²) in [5.41, 5.74) is 3.23. The quantitative estimate of drug-likeness (QED) is 0.294. The minimum absolute atomic E-state index is 0.335. The maximum absolute atomic E-state index is 14.7. The highest BCUT2D eigenvalue weighted by Gasteiger charge is 2.72. The minimum Gasteiger partial charge on any atom is -0.169 e. The van der Waals surface area contributed by atoms with E-state index in [2.05, 4.69) is 6.92 Å². The molecule has 0 fully saturated rings. The lowest BCUT2D eigenvalue weighted by Gasteiger charge is -2.39. The number of halogens is 6. The molecule has 3 aromatic rings. The summed E-state index contributed by atoms with van der Waals surface area (Å²) in [7, 11) is 0. The van der Waals surface area contributed by atoms with E-state index in [4.69, 9.17) is 0 Å². The van der Waals surface area contributed by atoms with Crippen LogP contribution in [0.25, 0.3) is 0 Å². The molecule has 0 aliphatic rings. The zero-order chi connectivity index (χ0) is 28.1. The Balaban J connectivity index is 2.21. The zero-order valence-corrected chi connectivity index (χ0v) is 22.6. The first-order chi connectivity index (χ1) is 16.9. The molecular formula is C31H34F6. The number of alkyl halides is 6. The van der Waals surface area contributed by atoms with Gasteiger partial charge in [0, 0.05) is 0 Å². The van der Waals surface area contributed by atoms with Crippen LogP contribution < -0.4 is 0 Å². The monoisotopic (exact) mass is 520 g/mol. The van der Waals surface area contributed by atoms with Crippen molar-refractivity contribution < 1.29 is 26.3 Å². The smallest absolute Gasteiger partial charge is 0.169 e. The molecule has 0 spiro atoms. The molecule has 0 amide bonds. The molecule has 0 nitrogen and oxygen atoms in total.